The summed E-state index contributed by atoms with van der Waals surface area (Å²) in [5.74, 6) is -1.31. The van der Waals surface area contributed by atoms with E-state index in [1.807, 2.05) is 37.3 Å². The second kappa shape index (κ2) is 8.57. The van der Waals surface area contributed by atoms with Crippen LogP contribution in [0.1, 0.15) is 22.8 Å². The lowest BCUT2D eigenvalue weighted by Gasteiger charge is -2.05. The standard InChI is InChI=1S/C18H18FN3O2/c1-13(11-14-5-3-2-4-6-14)21-22-17(23)12-20-18(24)15-7-9-16(19)10-8-15/h2-10H,11-12H2,1H3,(H,20,24)(H,22,23). The molecular formula is C18H18FN3O2. The fourth-order valence-electron chi connectivity index (χ4n) is 1.99. The molecule has 2 N–H and O–H groups in total. The second-order valence-electron chi connectivity index (χ2n) is 5.23. The summed E-state index contributed by atoms with van der Waals surface area (Å²) >= 11 is 0. The lowest BCUT2D eigenvalue weighted by molar-refractivity contribution is -0.120. The van der Waals surface area contributed by atoms with Crippen LogP contribution in [0, 0.1) is 5.82 Å². The first kappa shape index (κ1) is 17.3. The molecule has 2 aromatic carbocycles. The maximum absolute atomic E-state index is 12.8. The molecule has 0 saturated carbocycles. The Morgan fingerprint density at radius 3 is 2.38 bits per heavy atom. The van der Waals surface area contributed by atoms with Crippen LogP contribution in [0.25, 0.3) is 0 Å². The third-order valence-electron chi connectivity index (χ3n) is 3.19. The average molecular weight is 327 g/mol. The Morgan fingerprint density at radius 2 is 1.71 bits per heavy atom. The molecule has 24 heavy (non-hydrogen) atoms. The highest BCUT2D eigenvalue weighted by Crippen LogP contribution is 2.02. The largest absolute Gasteiger partial charge is 0.343 e. The molecule has 0 atom stereocenters. The van der Waals surface area contributed by atoms with Crippen molar-refractivity contribution in [3.8, 4) is 0 Å². The quantitative estimate of drug-likeness (QED) is 0.631. The van der Waals surface area contributed by atoms with E-state index in [0.717, 1.165) is 11.3 Å². The van der Waals surface area contributed by atoms with Gasteiger partial charge in [0.1, 0.15) is 5.82 Å². The monoisotopic (exact) mass is 327 g/mol. The zero-order valence-electron chi connectivity index (χ0n) is 13.3. The van der Waals surface area contributed by atoms with Gasteiger partial charge in [0, 0.05) is 17.7 Å². The van der Waals surface area contributed by atoms with Crippen LogP contribution in [-0.2, 0) is 11.2 Å². The summed E-state index contributed by atoms with van der Waals surface area (Å²) in [6.45, 7) is 1.60. The van der Waals surface area contributed by atoms with Crippen LogP contribution in [0.3, 0.4) is 0 Å². The Labute approximate surface area is 139 Å². The van der Waals surface area contributed by atoms with Crippen molar-refractivity contribution in [3.05, 3.63) is 71.5 Å². The smallest absolute Gasteiger partial charge is 0.259 e. The number of hydrogen-bond donors (Lipinski definition) is 2. The van der Waals surface area contributed by atoms with Crippen LogP contribution in [0.5, 0.6) is 0 Å². The molecule has 5 nitrogen and oxygen atoms in total. The minimum absolute atomic E-state index is 0.210. The van der Waals surface area contributed by atoms with Gasteiger partial charge in [-0.25, -0.2) is 9.82 Å². The van der Waals surface area contributed by atoms with Crippen molar-refractivity contribution in [3.63, 3.8) is 0 Å². The summed E-state index contributed by atoms with van der Waals surface area (Å²) in [5, 5.41) is 6.45. The minimum atomic E-state index is -0.449. The first-order chi connectivity index (χ1) is 11.5. The zero-order valence-corrected chi connectivity index (χ0v) is 13.3. The van der Waals surface area contributed by atoms with Gasteiger partial charge in [-0.05, 0) is 36.8 Å². The molecule has 124 valence electrons. The number of benzene rings is 2. The Balaban J connectivity index is 1.77. The van der Waals surface area contributed by atoms with Crippen LogP contribution in [0.2, 0.25) is 0 Å². The van der Waals surface area contributed by atoms with Gasteiger partial charge in [0.2, 0.25) is 0 Å². The molecule has 0 heterocycles. The van der Waals surface area contributed by atoms with Gasteiger partial charge in [-0.2, -0.15) is 5.10 Å². The molecule has 0 spiro atoms. The molecule has 0 unspecified atom stereocenters. The van der Waals surface area contributed by atoms with Crippen LogP contribution < -0.4 is 10.7 Å². The summed E-state index contributed by atoms with van der Waals surface area (Å²) < 4.78 is 12.8. The van der Waals surface area contributed by atoms with Gasteiger partial charge in [-0.1, -0.05) is 30.3 Å². The van der Waals surface area contributed by atoms with Gasteiger partial charge >= 0.3 is 0 Å². The number of halogens is 1. The van der Waals surface area contributed by atoms with Crippen molar-refractivity contribution < 1.29 is 14.0 Å². The predicted octanol–water partition coefficient (Wildman–Crippen LogP) is 2.29. The molecule has 0 bridgehead atoms. The van der Waals surface area contributed by atoms with Crippen LogP contribution in [0.15, 0.2) is 59.7 Å². The SMILES string of the molecule is CC(Cc1ccccc1)=NNC(=O)CNC(=O)c1ccc(F)cc1. The molecule has 2 amide bonds. The molecule has 6 heteroatoms. The number of carbonyl (C=O) groups is 2. The fraction of sp³-hybridized carbons (Fsp3) is 0.167. The third kappa shape index (κ3) is 5.64. The first-order valence-electron chi connectivity index (χ1n) is 7.44. The van der Waals surface area contributed by atoms with Crippen LogP contribution >= 0.6 is 0 Å². The summed E-state index contributed by atoms with van der Waals surface area (Å²) in [5.41, 5.74) is 4.52. The van der Waals surface area contributed by atoms with E-state index in [1.165, 1.54) is 24.3 Å². The molecule has 0 fully saturated rings. The maximum atomic E-state index is 12.8. The van der Waals surface area contributed by atoms with Crippen LogP contribution in [0.4, 0.5) is 4.39 Å². The molecule has 0 aliphatic rings. The molecule has 0 radical (unpaired) electrons. The number of rotatable bonds is 6. The summed E-state index contributed by atoms with van der Waals surface area (Å²) in [6, 6.07) is 14.8. The van der Waals surface area contributed by atoms with Crippen molar-refractivity contribution in [1.82, 2.24) is 10.7 Å². The lowest BCUT2D eigenvalue weighted by Crippen LogP contribution is -2.35. The van der Waals surface area contributed by atoms with E-state index in [4.69, 9.17) is 0 Å². The van der Waals surface area contributed by atoms with E-state index in [0.29, 0.717) is 6.42 Å². The van der Waals surface area contributed by atoms with Crippen molar-refractivity contribution in [2.24, 2.45) is 5.10 Å². The number of nitrogens with one attached hydrogen (secondary N) is 2. The summed E-state index contributed by atoms with van der Waals surface area (Å²) in [7, 11) is 0. The topological polar surface area (TPSA) is 70.6 Å². The molecular weight excluding hydrogens is 309 g/mol. The second-order valence-corrected chi connectivity index (χ2v) is 5.23. The highest BCUT2D eigenvalue weighted by Gasteiger charge is 2.07. The average Bonchev–Trinajstić information content (AvgIpc) is 2.59. The number of carbonyl (C=O) groups excluding carboxylic acids is 2. The third-order valence-corrected chi connectivity index (χ3v) is 3.19. The predicted molar refractivity (Wildman–Crippen MR) is 90.1 cm³/mol. The van der Waals surface area contributed by atoms with E-state index in [-0.39, 0.29) is 12.1 Å². The number of hydrazone groups is 1. The van der Waals surface area contributed by atoms with Gasteiger partial charge in [0.25, 0.3) is 11.8 Å². The van der Waals surface area contributed by atoms with Crippen LogP contribution in [-0.4, -0.2) is 24.1 Å². The maximum Gasteiger partial charge on any atom is 0.259 e. The molecule has 0 aliphatic heterocycles. The first-order valence-corrected chi connectivity index (χ1v) is 7.44. The van der Waals surface area contributed by atoms with Gasteiger partial charge in [0.05, 0.1) is 6.54 Å². The zero-order chi connectivity index (χ0) is 17.4. The van der Waals surface area contributed by atoms with E-state index in [9.17, 15) is 14.0 Å². The van der Waals surface area contributed by atoms with E-state index in [1.54, 1.807) is 0 Å². The number of hydrogen-bond acceptors (Lipinski definition) is 3. The number of nitrogens with zero attached hydrogens (tertiary/aromatic N) is 1. The van der Waals surface area contributed by atoms with Crippen molar-refractivity contribution in [2.45, 2.75) is 13.3 Å². The van der Waals surface area contributed by atoms with Gasteiger partial charge in [-0.3, -0.25) is 9.59 Å². The van der Waals surface area contributed by atoms with Gasteiger partial charge < -0.3 is 5.32 Å². The normalized spacial score (nSPS) is 11.0. The number of amides is 2. The van der Waals surface area contributed by atoms with Gasteiger partial charge in [-0.15, -0.1) is 0 Å². The molecule has 0 aliphatic carbocycles. The molecule has 2 rings (SSSR count). The lowest BCUT2D eigenvalue weighted by atomic mass is 10.1. The Hall–Kier alpha value is -3.02. The minimum Gasteiger partial charge on any atom is -0.343 e. The fourth-order valence-corrected chi connectivity index (χ4v) is 1.99. The van der Waals surface area contributed by atoms with E-state index in [2.05, 4.69) is 15.8 Å². The summed E-state index contributed by atoms with van der Waals surface area (Å²) in [4.78, 5) is 23.5. The Bertz CT molecular complexity index is 728. The highest BCUT2D eigenvalue weighted by molar-refractivity contribution is 5.96. The van der Waals surface area contributed by atoms with Crippen molar-refractivity contribution in [2.75, 3.05) is 6.54 Å². The Morgan fingerprint density at radius 1 is 1.04 bits per heavy atom. The molecule has 2 aromatic rings. The van der Waals surface area contributed by atoms with Crippen molar-refractivity contribution in [1.29, 1.82) is 0 Å². The van der Waals surface area contributed by atoms with Crippen molar-refractivity contribution >= 4 is 17.5 Å². The van der Waals surface area contributed by atoms with E-state index < -0.39 is 17.6 Å². The van der Waals surface area contributed by atoms with Gasteiger partial charge in [0.15, 0.2) is 0 Å². The van der Waals surface area contributed by atoms with E-state index >= 15 is 0 Å². The highest BCUT2D eigenvalue weighted by atomic mass is 19.1. The Kier molecular flexibility index (Phi) is 6.19. The summed E-state index contributed by atoms with van der Waals surface area (Å²) in [6.07, 6.45) is 0.628. The molecule has 0 aromatic heterocycles. The molecule has 0 saturated heterocycles.